The highest BCUT2D eigenvalue weighted by Gasteiger charge is 2.31. The van der Waals surface area contributed by atoms with E-state index >= 15 is 0 Å². The van der Waals surface area contributed by atoms with E-state index in [4.69, 9.17) is 5.73 Å². The van der Waals surface area contributed by atoms with Gasteiger partial charge in [-0.2, -0.15) is 0 Å². The molecule has 2 heteroatoms. The third-order valence-electron chi connectivity index (χ3n) is 3.43. The van der Waals surface area contributed by atoms with Crippen LogP contribution in [-0.4, -0.2) is 31.6 Å². The lowest BCUT2D eigenvalue weighted by molar-refractivity contribution is 0.0931. The summed E-state index contributed by atoms with van der Waals surface area (Å²) in [7, 11) is 4.41. The molecule has 0 radical (unpaired) electrons. The van der Waals surface area contributed by atoms with E-state index in [1.165, 1.54) is 25.7 Å². The second kappa shape index (κ2) is 4.97. The highest BCUT2D eigenvalue weighted by Crippen LogP contribution is 2.35. The van der Waals surface area contributed by atoms with Crippen LogP contribution in [0.2, 0.25) is 0 Å². The van der Waals surface area contributed by atoms with Crippen molar-refractivity contribution in [2.75, 3.05) is 20.6 Å². The van der Waals surface area contributed by atoms with Crippen molar-refractivity contribution >= 4 is 0 Å². The lowest BCUT2D eigenvalue weighted by Gasteiger charge is -2.41. The normalized spacial score (nSPS) is 22.8. The summed E-state index contributed by atoms with van der Waals surface area (Å²) in [6, 6.07) is 0.761. The molecule has 1 saturated carbocycles. The quantitative estimate of drug-likeness (QED) is 0.704. The molecule has 1 aliphatic carbocycles. The first-order valence-electron chi connectivity index (χ1n) is 5.53. The smallest absolute Gasteiger partial charge is 0.0143 e. The minimum atomic E-state index is 0.755. The van der Waals surface area contributed by atoms with Crippen molar-refractivity contribution in [2.45, 2.75) is 38.6 Å². The number of nitrogens with zero attached hydrogens (tertiary/aromatic N) is 1. The van der Waals surface area contributed by atoms with Crippen molar-refractivity contribution in [3.05, 3.63) is 0 Å². The van der Waals surface area contributed by atoms with Gasteiger partial charge in [0, 0.05) is 6.04 Å². The number of rotatable bonds is 5. The zero-order chi connectivity index (χ0) is 9.84. The molecule has 2 nitrogen and oxygen atoms in total. The maximum absolute atomic E-state index is 5.61. The molecule has 0 aromatic carbocycles. The van der Waals surface area contributed by atoms with Gasteiger partial charge in [-0.15, -0.1) is 0 Å². The molecule has 1 aliphatic rings. The molecule has 0 amide bonds. The number of hydrogen-bond acceptors (Lipinski definition) is 2. The summed E-state index contributed by atoms with van der Waals surface area (Å²) in [5.74, 6) is 1.70. The third kappa shape index (κ3) is 2.68. The van der Waals surface area contributed by atoms with Crippen LogP contribution < -0.4 is 5.73 Å². The Kier molecular flexibility index (Phi) is 4.20. The highest BCUT2D eigenvalue weighted by atomic mass is 15.1. The van der Waals surface area contributed by atoms with E-state index in [2.05, 4.69) is 25.9 Å². The van der Waals surface area contributed by atoms with Gasteiger partial charge in [0.1, 0.15) is 0 Å². The molecule has 0 heterocycles. The fourth-order valence-electron chi connectivity index (χ4n) is 2.61. The average molecular weight is 184 g/mol. The molecule has 0 aliphatic heterocycles. The Balaban J connectivity index is 2.45. The maximum atomic E-state index is 5.61. The zero-order valence-electron chi connectivity index (χ0n) is 9.29. The molecular formula is C11H24N2. The van der Waals surface area contributed by atoms with Crippen LogP contribution in [0.3, 0.4) is 0 Å². The molecule has 0 bridgehead atoms. The predicted molar refractivity (Wildman–Crippen MR) is 57.7 cm³/mol. The lowest BCUT2D eigenvalue weighted by Crippen LogP contribution is -2.43. The van der Waals surface area contributed by atoms with Crippen LogP contribution in [-0.2, 0) is 0 Å². The lowest BCUT2D eigenvalue weighted by atomic mass is 9.74. The van der Waals surface area contributed by atoms with Crippen molar-refractivity contribution in [3.8, 4) is 0 Å². The molecule has 0 aromatic heterocycles. The average Bonchev–Trinajstić information content (AvgIpc) is 1.95. The second-order valence-corrected chi connectivity index (χ2v) is 4.70. The molecule has 1 fully saturated rings. The van der Waals surface area contributed by atoms with E-state index in [0.717, 1.165) is 24.4 Å². The minimum absolute atomic E-state index is 0.755. The van der Waals surface area contributed by atoms with Gasteiger partial charge < -0.3 is 10.6 Å². The Hall–Kier alpha value is -0.0800. The predicted octanol–water partition coefficient (Wildman–Crippen LogP) is 1.70. The van der Waals surface area contributed by atoms with Gasteiger partial charge in [-0.1, -0.05) is 13.3 Å². The van der Waals surface area contributed by atoms with Gasteiger partial charge in [-0.3, -0.25) is 0 Å². The number of nitrogens with two attached hydrogens (primary N) is 1. The van der Waals surface area contributed by atoms with Crippen LogP contribution in [0.15, 0.2) is 0 Å². The van der Waals surface area contributed by atoms with E-state index in [-0.39, 0.29) is 0 Å². The summed E-state index contributed by atoms with van der Waals surface area (Å²) in [6.07, 6.45) is 5.46. The van der Waals surface area contributed by atoms with Crippen LogP contribution >= 0.6 is 0 Å². The fraction of sp³-hybridized carbons (Fsp3) is 1.00. The van der Waals surface area contributed by atoms with Gasteiger partial charge >= 0.3 is 0 Å². The van der Waals surface area contributed by atoms with Gasteiger partial charge in [0.05, 0.1) is 0 Å². The first-order chi connectivity index (χ1) is 6.16. The molecule has 78 valence electrons. The van der Waals surface area contributed by atoms with Crippen molar-refractivity contribution in [3.63, 3.8) is 0 Å². The topological polar surface area (TPSA) is 29.3 Å². The van der Waals surface area contributed by atoms with Gasteiger partial charge in [-0.25, -0.2) is 0 Å². The molecule has 2 unspecified atom stereocenters. The van der Waals surface area contributed by atoms with Gasteiger partial charge in [0.15, 0.2) is 0 Å². The molecule has 0 spiro atoms. The van der Waals surface area contributed by atoms with E-state index in [1.807, 2.05) is 0 Å². The Bertz CT molecular complexity index is 141. The Morgan fingerprint density at radius 3 is 2.31 bits per heavy atom. The van der Waals surface area contributed by atoms with Gasteiger partial charge in [0.2, 0.25) is 0 Å². The van der Waals surface area contributed by atoms with E-state index in [1.54, 1.807) is 0 Å². The van der Waals surface area contributed by atoms with Crippen LogP contribution in [0.4, 0.5) is 0 Å². The number of hydrogen-bond donors (Lipinski definition) is 1. The Labute approximate surface area is 82.5 Å². The first kappa shape index (κ1) is 11.0. The first-order valence-corrected chi connectivity index (χ1v) is 5.53. The molecule has 0 saturated heterocycles. The molecular weight excluding hydrogens is 160 g/mol. The van der Waals surface area contributed by atoms with E-state index in [0.29, 0.717) is 0 Å². The maximum Gasteiger partial charge on any atom is 0.0143 e. The summed E-state index contributed by atoms with van der Waals surface area (Å²) in [6.45, 7) is 3.17. The highest BCUT2D eigenvalue weighted by molar-refractivity contribution is 4.86. The largest absolute Gasteiger partial charge is 0.330 e. The molecule has 2 N–H and O–H groups in total. The summed E-state index contributed by atoms with van der Waals surface area (Å²) < 4.78 is 0. The molecule has 13 heavy (non-hydrogen) atoms. The third-order valence-corrected chi connectivity index (χ3v) is 3.43. The van der Waals surface area contributed by atoms with E-state index < -0.39 is 0 Å². The molecule has 2 atom stereocenters. The van der Waals surface area contributed by atoms with Crippen LogP contribution in [0.25, 0.3) is 0 Å². The van der Waals surface area contributed by atoms with Crippen LogP contribution in [0.1, 0.15) is 32.6 Å². The fourth-order valence-corrected chi connectivity index (χ4v) is 2.61. The van der Waals surface area contributed by atoms with Gasteiger partial charge in [0.25, 0.3) is 0 Å². The van der Waals surface area contributed by atoms with Crippen molar-refractivity contribution in [2.24, 2.45) is 17.6 Å². The zero-order valence-corrected chi connectivity index (χ0v) is 9.29. The Morgan fingerprint density at radius 2 is 2.00 bits per heavy atom. The monoisotopic (exact) mass is 184 g/mol. The summed E-state index contributed by atoms with van der Waals surface area (Å²) in [5.41, 5.74) is 5.61. The van der Waals surface area contributed by atoms with Gasteiger partial charge in [-0.05, 0) is 51.7 Å². The summed E-state index contributed by atoms with van der Waals surface area (Å²) in [4.78, 5) is 2.39. The van der Waals surface area contributed by atoms with Crippen LogP contribution in [0, 0.1) is 11.8 Å². The second-order valence-electron chi connectivity index (χ2n) is 4.70. The van der Waals surface area contributed by atoms with Crippen LogP contribution in [0.5, 0.6) is 0 Å². The standard InChI is InChI=1S/C11H24N2/c1-9(7-8-12)11(13(2)3)10-5-4-6-10/h9-11H,4-8,12H2,1-3H3. The minimum Gasteiger partial charge on any atom is -0.330 e. The van der Waals surface area contributed by atoms with E-state index in [9.17, 15) is 0 Å². The Morgan fingerprint density at radius 1 is 1.38 bits per heavy atom. The summed E-state index contributed by atoms with van der Waals surface area (Å²) in [5, 5.41) is 0. The molecule has 0 aromatic rings. The molecule has 1 rings (SSSR count). The van der Waals surface area contributed by atoms with Crippen molar-refractivity contribution in [1.82, 2.24) is 4.90 Å². The summed E-state index contributed by atoms with van der Waals surface area (Å²) >= 11 is 0. The SMILES string of the molecule is CC(CCN)C(C1CCC1)N(C)C. The van der Waals surface area contributed by atoms with Crippen molar-refractivity contribution in [1.29, 1.82) is 0 Å². The van der Waals surface area contributed by atoms with Crippen molar-refractivity contribution < 1.29 is 0 Å².